The Hall–Kier alpha value is -2.93. The predicted octanol–water partition coefficient (Wildman–Crippen LogP) is 3.96. The molecule has 0 aliphatic heterocycles. The van der Waals surface area contributed by atoms with Crippen LogP contribution in [-0.4, -0.2) is 26.3 Å². The number of nitrogens with one attached hydrogen (secondary N) is 2. The zero-order chi connectivity index (χ0) is 20.1. The second kappa shape index (κ2) is 8.84. The Morgan fingerprint density at radius 2 is 1.89 bits per heavy atom. The second-order valence-corrected chi connectivity index (χ2v) is 7.69. The van der Waals surface area contributed by atoms with Crippen LogP contribution in [0.15, 0.2) is 58.5 Å². The van der Waals surface area contributed by atoms with E-state index < -0.39 is 5.25 Å². The average molecular weight is 395 g/mol. The van der Waals surface area contributed by atoms with E-state index in [1.54, 1.807) is 12.1 Å². The van der Waals surface area contributed by atoms with Gasteiger partial charge in [0.1, 0.15) is 0 Å². The standard InChI is InChI=1S/C21H22N4O2S/c1-4-17(19(26)22-16-11-10-13(2)12-14(16)3)28-21-23-20(27)18(24-25-21)15-8-6-5-7-9-15/h5-12,17H,4H2,1-3H3,(H,22,26)(H,23,25,27). The van der Waals surface area contributed by atoms with Gasteiger partial charge in [-0.2, -0.15) is 0 Å². The molecule has 3 aromatic rings. The van der Waals surface area contributed by atoms with Gasteiger partial charge in [-0.25, -0.2) is 0 Å². The zero-order valence-electron chi connectivity index (χ0n) is 16.0. The number of benzene rings is 2. The lowest BCUT2D eigenvalue weighted by Gasteiger charge is -2.15. The number of hydrogen-bond donors (Lipinski definition) is 2. The maximum Gasteiger partial charge on any atom is 0.278 e. The highest BCUT2D eigenvalue weighted by atomic mass is 32.2. The fraction of sp³-hybridized carbons (Fsp3) is 0.238. The molecule has 1 amide bonds. The molecular weight excluding hydrogens is 372 g/mol. The van der Waals surface area contributed by atoms with E-state index in [1.165, 1.54) is 11.8 Å². The third-order valence-electron chi connectivity index (χ3n) is 4.28. The summed E-state index contributed by atoms with van der Waals surface area (Å²) in [5.41, 5.74) is 3.57. The van der Waals surface area contributed by atoms with Crippen molar-refractivity contribution in [3.63, 3.8) is 0 Å². The molecule has 0 radical (unpaired) electrons. The number of hydrogen-bond acceptors (Lipinski definition) is 5. The molecule has 7 heteroatoms. The van der Waals surface area contributed by atoms with Crippen molar-refractivity contribution in [2.45, 2.75) is 37.6 Å². The van der Waals surface area contributed by atoms with Crippen molar-refractivity contribution in [1.82, 2.24) is 15.2 Å². The monoisotopic (exact) mass is 394 g/mol. The smallest absolute Gasteiger partial charge is 0.278 e. The van der Waals surface area contributed by atoms with E-state index in [0.29, 0.717) is 17.1 Å². The molecule has 0 saturated carbocycles. The lowest BCUT2D eigenvalue weighted by Crippen LogP contribution is -2.26. The van der Waals surface area contributed by atoms with E-state index in [0.717, 1.165) is 16.8 Å². The van der Waals surface area contributed by atoms with E-state index >= 15 is 0 Å². The fourth-order valence-corrected chi connectivity index (χ4v) is 3.63. The minimum atomic E-state index is -0.395. The highest BCUT2D eigenvalue weighted by molar-refractivity contribution is 8.00. The third kappa shape index (κ3) is 4.67. The molecule has 2 aromatic carbocycles. The van der Waals surface area contributed by atoms with E-state index in [4.69, 9.17) is 0 Å². The van der Waals surface area contributed by atoms with Crippen LogP contribution in [0.25, 0.3) is 11.3 Å². The molecule has 6 nitrogen and oxygen atoms in total. The first-order valence-corrected chi connectivity index (χ1v) is 9.93. The minimum absolute atomic E-state index is 0.130. The van der Waals surface area contributed by atoms with Gasteiger partial charge in [0.25, 0.3) is 5.56 Å². The van der Waals surface area contributed by atoms with Gasteiger partial charge in [-0.15, -0.1) is 10.2 Å². The molecule has 1 aromatic heterocycles. The fourth-order valence-electron chi connectivity index (χ4n) is 2.78. The third-order valence-corrected chi connectivity index (χ3v) is 5.52. The van der Waals surface area contributed by atoms with Gasteiger partial charge in [-0.1, -0.05) is 66.7 Å². The van der Waals surface area contributed by atoms with Gasteiger partial charge < -0.3 is 5.32 Å². The van der Waals surface area contributed by atoms with Crippen LogP contribution in [0.4, 0.5) is 5.69 Å². The number of carbonyl (C=O) groups is 1. The Labute approximate surface area is 167 Å². The van der Waals surface area contributed by atoms with Crippen molar-refractivity contribution in [3.8, 4) is 11.3 Å². The zero-order valence-corrected chi connectivity index (χ0v) is 16.8. The number of H-pyrrole nitrogens is 1. The van der Waals surface area contributed by atoms with Crippen LogP contribution in [-0.2, 0) is 4.79 Å². The van der Waals surface area contributed by atoms with E-state index in [-0.39, 0.29) is 17.2 Å². The van der Waals surface area contributed by atoms with Crippen LogP contribution < -0.4 is 10.9 Å². The number of nitrogens with zero attached hydrogens (tertiary/aromatic N) is 2. The summed E-state index contributed by atoms with van der Waals surface area (Å²) in [7, 11) is 0. The highest BCUT2D eigenvalue weighted by Gasteiger charge is 2.20. The predicted molar refractivity (Wildman–Crippen MR) is 113 cm³/mol. The van der Waals surface area contributed by atoms with Gasteiger partial charge in [0, 0.05) is 11.3 Å². The van der Waals surface area contributed by atoms with Gasteiger partial charge in [-0.3, -0.25) is 14.6 Å². The quantitative estimate of drug-likeness (QED) is 0.618. The molecule has 1 unspecified atom stereocenters. The molecule has 28 heavy (non-hydrogen) atoms. The second-order valence-electron chi connectivity index (χ2n) is 6.50. The molecular formula is C21H22N4O2S. The molecule has 1 heterocycles. The number of thioether (sulfide) groups is 1. The lowest BCUT2D eigenvalue weighted by atomic mass is 10.1. The summed E-state index contributed by atoms with van der Waals surface area (Å²) < 4.78 is 0. The number of aromatic nitrogens is 3. The summed E-state index contributed by atoms with van der Waals surface area (Å²) in [6.07, 6.45) is 0.589. The molecule has 0 aliphatic carbocycles. The van der Waals surface area contributed by atoms with Gasteiger partial charge >= 0.3 is 0 Å². The first kappa shape index (κ1) is 19.8. The van der Waals surface area contributed by atoms with Crippen LogP contribution in [0, 0.1) is 13.8 Å². The summed E-state index contributed by atoms with van der Waals surface area (Å²) in [6, 6.07) is 15.0. The summed E-state index contributed by atoms with van der Waals surface area (Å²) in [5, 5.41) is 11.0. The Morgan fingerprint density at radius 1 is 1.14 bits per heavy atom. The molecule has 0 saturated heterocycles. The molecule has 0 aliphatic rings. The lowest BCUT2D eigenvalue weighted by molar-refractivity contribution is -0.115. The van der Waals surface area contributed by atoms with Crippen molar-refractivity contribution in [2.24, 2.45) is 0 Å². The number of rotatable bonds is 6. The molecule has 0 bridgehead atoms. The molecule has 2 N–H and O–H groups in total. The van der Waals surface area contributed by atoms with E-state index in [9.17, 15) is 9.59 Å². The summed E-state index contributed by atoms with van der Waals surface area (Å²) >= 11 is 1.20. The maximum atomic E-state index is 12.7. The van der Waals surface area contributed by atoms with Crippen LogP contribution >= 0.6 is 11.8 Å². The van der Waals surface area contributed by atoms with Crippen molar-refractivity contribution in [3.05, 3.63) is 70.0 Å². The van der Waals surface area contributed by atoms with E-state index in [2.05, 4.69) is 20.5 Å². The van der Waals surface area contributed by atoms with Crippen molar-refractivity contribution < 1.29 is 4.79 Å². The van der Waals surface area contributed by atoms with Gasteiger partial charge in [0.05, 0.1) is 5.25 Å². The largest absolute Gasteiger partial charge is 0.325 e. The Bertz CT molecular complexity index is 1030. The Kier molecular flexibility index (Phi) is 6.26. The molecule has 0 fully saturated rings. The van der Waals surface area contributed by atoms with Gasteiger partial charge in [0.2, 0.25) is 5.91 Å². The number of carbonyl (C=O) groups excluding carboxylic acids is 1. The highest BCUT2D eigenvalue weighted by Crippen LogP contribution is 2.24. The van der Waals surface area contributed by atoms with E-state index in [1.807, 2.05) is 57.2 Å². The first-order valence-electron chi connectivity index (χ1n) is 9.05. The normalized spacial score (nSPS) is 11.8. The van der Waals surface area contributed by atoms with Crippen molar-refractivity contribution in [2.75, 3.05) is 5.32 Å². The summed E-state index contributed by atoms with van der Waals surface area (Å²) in [4.78, 5) is 27.8. The minimum Gasteiger partial charge on any atom is -0.325 e. The Morgan fingerprint density at radius 3 is 2.54 bits per heavy atom. The van der Waals surface area contributed by atoms with Crippen molar-refractivity contribution >= 4 is 23.4 Å². The van der Waals surface area contributed by atoms with Crippen LogP contribution in [0.1, 0.15) is 24.5 Å². The number of aryl methyl sites for hydroxylation is 2. The van der Waals surface area contributed by atoms with Crippen LogP contribution in [0.2, 0.25) is 0 Å². The summed E-state index contributed by atoms with van der Waals surface area (Å²) in [5.74, 6) is -0.130. The molecule has 0 spiro atoms. The van der Waals surface area contributed by atoms with Crippen LogP contribution in [0.5, 0.6) is 0 Å². The number of aromatic amines is 1. The van der Waals surface area contributed by atoms with Gasteiger partial charge in [-0.05, 0) is 31.9 Å². The van der Waals surface area contributed by atoms with Crippen LogP contribution in [0.3, 0.4) is 0 Å². The molecule has 1 atom stereocenters. The number of anilines is 1. The SMILES string of the molecule is CCC(Sc1nnc(-c2ccccc2)c(=O)[nH]1)C(=O)Nc1ccc(C)cc1C. The van der Waals surface area contributed by atoms with Crippen molar-refractivity contribution in [1.29, 1.82) is 0 Å². The first-order chi connectivity index (χ1) is 13.5. The average Bonchev–Trinajstić information content (AvgIpc) is 2.69. The van der Waals surface area contributed by atoms with Gasteiger partial charge in [0.15, 0.2) is 10.9 Å². The molecule has 3 rings (SSSR count). The Balaban J connectivity index is 1.74. The molecule has 144 valence electrons. The number of amides is 1. The summed E-state index contributed by atoms with van der Waals surface area (Å²) in [6.45, 7) is 5.89. The topological polar surface area (TPSA) is 87.7 Å². The maximum absolute atomic E-state index is 12.7.